The van der Waals surface area contributed by atoms with Gasteiger partial charge in [0, 0.05) is 5.39 Å². The number of hydroxylamine groups is 1. The maximum atomic E-state index is 11.5. The first kappa shape index (κ1) is 13.3. The van der Waals surface area contributed by atoms with Crippen molar-refractivity contribution >= 4 is 16.8 Å². The van der Waals surface area contributed by atoms with Gasteiger partial charge in [0.1, 0.15) is 17.0 Å². The van der Waals surface area contributed by atoms with Crippen LogP contribution in [0.3, 0.4) is 0 Å². The molecule has 0 bridgehead atoms. The summed E-state index contributed by atoms with van der Waals surface area (Å²) in [6.45, 7) is 5.74. The number of hydrogen-bond acceptors (Lipinski definition) is 4. The van der Waals surface area contributed by atoms with E-state index in [-0.39, 0.29) is 11.8 Å². The van der Waals surface area contributed by atoms with Crippen LogP contribution in [-0.2, 0) is 0 Å². The van der Waals surface area contributed by atoms with Gasteiger partial charge in [-0.3, -0.25) is 10.0 Å². The molecule has 0 atom stereocenters. The van der Waals surface area contributed by atoms with E-state index in [4.69, 9.17) is 9.94 Å². The minimum atomic E-state index is -0.635. The highest BCUT2D eigenvalue weighted by Crippen LogP contribution is 2.27. The second-order valence-electron chi connectivity index (χ2n) is 4.58. The van der Waals surface area contributed by atoms with E-state index in [0.29, 0.717) is 11.3 Å². The average Bonchev–Trinajstić information content (AvgIpc) is 2.38. The fourth-order valence-electron chi connectivity index (χ4n) is 1.91. The number of nitrogens with zero attached hydrogens (tertiary/aromatic N) is 1. The maximum absolute atomic E-state index is 11.5. The molecule has 0 saturated carbocycles. The molecule has 0 saturated heterocycles. The fourth-order valence-corrected chi connectivity index (χ4v) is 1.91. The van der Waals surface area contributed by atoms with Crippen molar-refractivity contribution in [3.8, 4) is 5.75 Å². The van der Waals surface area contributed by atoms with Crippen LogP contribution in [0.5, 0.6) is 5.75 Å². The van der Waals surface area contributed by atoms with Crippen molar-refractivity contribution in [3.63, 3.8) is 0 Å². The van der Waals surface area contributed by atoms with E-state index in [1.807, 2.05) is 39.0 Å². The highest BCUT2D eigenvalue weighted by atomic mass is 16.5. The third kappa shape index (κ3) is 2.66. The molecule has 0 aliphatic rings. The lowest BCUT2D eigenvalue weighted by atomic mass is 10.1. The van der Waals surface area contributed by atoms with Crippen LogP contribution in [0.15, 0.2) is 24.3 Å². The Balaban J connectivity index is 2.65. The number of benzene rings is 1. The summed E-state index contributed by atoms with van der Waals surface area (Å²) in [5.41, 5.74) is 3.27. The van der Waals surface area contributed by atoms with E-state index in [2.05, 4.69) is 4.98 Å². The second-order valence-corrected chi connectivity index (χ2v) is 4.58. The molecule has 1 amide bonds. The number of aryl methyl sites for hydroxylation is 1. The molecular formula is C14H16N2O3. The minimum absolute atomic E-state index is 0.0167. The number of nitrogens with one attached hydrogen (secondary N) is 1. The molecule has 0 fully saturated rings. The summed E-state index contributed by atoms with van der Waals surface area (Å²) in [4.78, 5) is 15.7. The average molecular weight is 260 g/mol. The van der Waals surface area contributed by atoms with Gasteiger partial charge in [0.05, 0.1) is 6.10 Å². The van der Waals surface area contributed by atoms with Gasteiger partial charge in [0.25, 0.3) is 5.91 Å². The Kier molecular flexibility index (Phi) is 3.66. The molecule has 100 valence electrons. The van der Waals surface area contributed by atoms with Gasteiger partial charge < -0.3 is 4.74 Å². The maximum Gasteiger partial charge on any atom is 0.293 e. The first-order valence-corrected chi connectivity index (χ1v) is 6.04. The second kappa shape index (κ2) is 5.24. The van der Waals surface area contributed by atoms with Crippen LogP contribution in [0.4, 0.5) is 0 Å². The zero-order chi connectivity index (χ0) is 14.0. The van der Waals surface area contributed by atoms with Crippen LogP contribution in [0.25, 0.3) is 10.9 Å². The molecule has 0 unspecified atom stereocenters. The molecule has 1 aromatic carbocycles. The Morgan fingerprint density at radius 1 is 1.42 bits per heavy atom. The van der Waals surface area contributed by atoms with E-state index in [0.717, 1.165) is 10.9 Å². The number of aromatic nitrogens is 1. The number of amides is 1. The molecule has 2 N–H and O–H groups in total. The molecule has 0 aliphatic carbocycles. The summed E-state index contributed by atoms with van der Waals surface area (Å²) in [6, 6.07) is 7.26. The van der Waals surface area contributed by atoms with Gasteiger partial charge in [-0.25, -0.2) is 10.5 Å². The van der Waals surface area contributed by atoms with E-state index in [1.54, 1.807) is 11.5 Å². The predicted molar refractivity (Wildman–Crippen MR) is 71.5 cm³/mol. The first-order valence-electron chi connectivity index (χ1n) is 6.04. The van der Waals surface area contributed by atoms with Crippen molar-refractivity contribution in [2.45, 2.75) is 26.9 Å². The van der Waals surface area contributed by atoms with Crippen molar-refractivity contribution in [1.82, 2.24) is 10.5 Å². The SMILES string of the molecule is Cc1cc(C(=O)NO)nc2c(OC(C)C)cccc12. The molecule has 5 heteroatoms. The summed E-state index contributed by atoms with van der Waals surface area (Å²) >= 11 is 0. The van der Waals surface area contributed by atoms with Crippen LogP contribution >= 0.6 is 0 Å². The topological polar surface area (TPSA) is 71.5 Å². The minimum Gasteiger partial charge on any atom is -0.489 e. The van der Waals surface area contributed by atoms with Gasteiger partial charge in [-0.2, -0.15) is 0 Å². The van der Waals surface area contributed by atoms with Crippen molar-refractivity contribution in [2.75, 3.05) is 0 Å². The zero-order valence-corrected chi connectivity index (χ0v) is 11.1. The van der Waals surface area contributed by atoms with Crippen LogP contribution in [0.1, 0.15) is 29.9 Å². The molecule has 5 nitrogen and oxygen atoms in total. The molecule has 2 rings (SSSR count). The van der Waals surface area contributed by atoms with Gasteiger partial charge in [-0.1, -0.05) is 12.1 Å². The number of hydrogen-bond donors (Lipinski definition) is 2. The normalized spacial score (nSPS) is 10.8. The zero-order valence-electron chi connectivity index (χ0n) is 11.1. The molecule has 2 aromatic rings. The first-order chi connectivity index (χ1) is 9.02. The van der Waals surface area contributed by atoms with Crippen molar-refractivity contribution in [3.05, 3.63) is 35.5 Å². The molecule has 19 heavy (non-hydrogen) atoms. The lowest BCUT2D eigenvalue weighted by Gasteiger charge is -2.13. The molecule has 1 heterocycles. The molecule has 0 aliphatic heterocycles. The smallest absolute Gasteiger partial charge is 0.293 e. The number of para-hydroxylation sites is 1. The summed E-state index contributed by atoms with van der Waals surface area (Å²) < 4.78 is 5.69. The Morgan fingerprint density at radius 3 is 2.79 bits per heavy atom. The number of rotatable bonds is 3. The van der Waals surface area contributed by atoms with Gasteiger partial charge in [-0.15, -0.1) is 0 Å². The summed E-state index contributed by atoms with van der Waals surface area (Å²) in [7, 11) is 0. The fraction of sp³-hybridized carbons (Fsp3) is 0.286. The van der Waals surface area contributed by atoms with Gasteiger partial charge in [-0.05, 0) is 38.5 Å². The molecule has 0 radical (unpaired) electrons. The lowest BCUT2D eigenvalue weighted by molar-refractivity contribution is 0.0701. The predicted octanol–water partition coefficient (Wildman–Crippen LogP) is 2.45. The monoisotopic (exact) mass is 260 g/mol. The van der Waals surface area contributed by atoms with Gasteiger partial charge >= 0.3 is 0 Å². The summed E-state index contributed by atoms with van der Waals surface area (Å²) in [5, 5.41) is 9.62. The Hall–Kier alpha value is -2.14. The number of fused-ring (bicyclic) bond motifs is 1. The van der Waals surface area contributed by atoms with Gasteiger partial charge in [0.15, 0.2) is 0 Å². The van der Waals surface area contributed by atoms with Gasteiger partial charge in [0.2, 0.25) is 0 Å². The Morgan fingerprint density at radius 2 is 2.16 bits per heavy atom. The van der Waals surface area contributed by atoms with Crippen LogP contribution in [0.2, 0.25) is 0 Å². The van der Waals surface area contributed by atoms with Crippen LogP contribution in [-0.4, -0.2) is 22.2 Å². The summed E-state index contributed by atoms with van der Waals surface area (Å²) in [5.74, 6) is -0.00691. The molecule has 1 aromatic heterocycles. The third-order valence-electron chi connectivity index (χ3n) is 2.71. The van der Waals surface area contributed by atoms with E-state index >= 15 is 0 Å². The number of carbonyl (C=O) groups excluding carboxylic acids is 1. The van der Waals surface area contributed by atoms with E-state index in [9.17, 15) is 4.79 Å². The van der Waals surface area contributed by atoms with Crippen molar-refractivity contribution < 1.29 is 14.7 Å². The van der Waals surface area contributed by atoms with Crippen molar-refractivity contribution in [1.29, 1.82) is 0 Å². The van der Waals surface area contributed by atoms with Crippen molar-refractivity contribution in [2.24, 2.45) is 0 Å². The van der Waals surface area contributed by atoms with E-state index < -0.39 is 5.91 Å². The Bertz CT molecular complexity index is 623. The number of ether oxygens (including phenoxy) is 1. The summed E-state index contributed by atoms with van der Waals surface area (Å²) in [6.07, 6.45) is 0.0167. The van der Waals surface area contributed by atoms with Crippen LogP contribution < -0.4 is 10.2 Å². The quantitative estimate of drug-likeness (QED) is 0.657. The number of carbonyl (C=O) groups is 1. The van der Waals surface area contributed by atoms with E-state index in [1.165, 1.54) is 0 Å². The van der Waals surface area contributed by atoms with Crippen LogP contribution in [0, 0.1) is 6.92 Å². The molecule has 0 spiro atoms. The Labute approximate surface area is 111 Å². The largest absolute Gasteiger partial charge is 0.489 e. The highest BCUT2D eigenvalue weighted by molar-refractivity contribution is 5.96. The number of pyridine rings is 1. The third-order valence-corrected chi connectivity index (χ3v) is 2.71. The lowest BCUT2D eigenvalue weighted by Crippen LogP contribution is -2.20. The standard InChI is InChI=1S/C14H16N2O3/c1-8(2)19-12-6-4-5-10-9(3)7-11(14(17)16-18)15-13(10)12/h4-8,18H,1-3H3,(H,16,17). The molecular weight excluding hydrogens is 244 g/mol. The highest BCUT2D eigenvalue weighted by Gasteiger charge is 2.13.